The Morgan fingerprint density at radius 3 is 2.42 bits per heavy atom. The van der Waals surface area contributed by atoms with E-state index >= 15 is 0 Å². The number of amides is 1. The molecule has 1 fully saturated rings. The van der Waals surface area contributed by atoms with Crippen LogP contribution in [0.1, 0.15) is 31.1 Å². The molecule has 1 amide bonds. The molecule has 1 aromatic heterocycles. The van der Waals surface area contributed by atoms with Gasteiger partial charge in [0.15, 0.2) is 0 Å². The van der Waals surface area contributed by atoms with Gasteiger partial charge in [-0.3, -0.25) is 14.7 Å². The van der Waals surface area contributed by atoms with Gasteiger partial charge in [0.1, 0.15) is 0 Å². The van der Waals surface area contributed by atoms with Gasteiger partial charge in [0.25, 0.3) is 0 Å². The van der Waals surface area contributed by atoms with Crippen molar-refractivity contribution < 1.29 is 4.79 Å². The first-order valence-electron chi connectivity index (χ1n) is 9.23. The van der Waals surface area contributed by atoms with Crippen molar-refractivity contribution in [3.63, 3.8) is 0 Å². The molecule has 2 aromatic rings. The fraction of sp³-hybridized carbons (Fsp3) is 0.429. The molecule has 0 radical (unpaired) electrons. The molecule has 0 saturated carbocycles. The van der Waals surface area contributed by atoms with Crippen molar-refractivity contribution in [1.29, 1.82) is 0 Å². The molecule has 1 saturated heterocycles. The van der Waals surface area contributed by atoms with E-state index in [0.717, 1.165) is 42.5 Å². The highest BCUT2D eigenvalue weighted by atomic mass is 35.5. The predicted molar refractivity (Wildman–Crippen MR) is 105 cm³/mol. The van der Waals surface area contributed by atoms with Gasteiger partial charge in [0.2, 0.25) is 5.91 Å². The summed E-state index contributed by atoms with van der Waals surface area (Å²) in [4.78, 5) is 21.7. The van der Waals surface area contributed by atoms with Crippen LogP contribution in [0.15, 0.2) is 48.7 Å². The number of pyridine rings is 1. The van der Waals surface area contributed by atoms with Crippen LogP contribution >= 0.6 is 11.6 Å². The second kappa shape index (κ2) is 8.65. The molecule has 3 rings (SSSR count). The number of aromatic nitrogens is 1. The summed E-state index contributed by atoms with van der Waals surface area (Å²) in [5, 5.41) is 0.737. The van der Waals surface area contributed by atoms with Gasteiger partial charge in [-0.1, -0.05) is 42.8 Å². The first-order valence-corrected chi connectivity index (χ1v) is 9.61. The van der Waals surface area contributed by atoms with Crippen LogP contribution in [0.25, 0.3) is 0 Å². The van der Waals surface area contributed by atoms with Crippen LogP contribution in [0.3, 0.4) is 0 Å². The quantitative estimate of drug-likeness (QED) is 0.801. The second-order valence-electron chi connectivity index (χ2n) is 6.99. The molecule has 2 heterocycles. The van der Waals surface area contributed by atoms with E-state index in [1.165, 1.54) is 0 Å². The molecule has 2 atom stereocenters. The maximum atomic E-state index is 12.8. The average Bonchev–Trinajstić information content (AvgIpc) is 2.69. The van der Waals surface area contributed by atoms with Gasteiger partial charge in [0.05, 0.1) is 5.69 Å². The van der Waals surface area contributed by atoms with Crippen LogP contribution in [0.4, 0.5) is 0 Å². The van der Waals surface area contributed by atoms with Crippen LogP contribution in [0.5, 0.6) is 0 Å². The van der Waals surface area contributed by atoms with E-state index in [1.54, 1.807) is 0 Å². The number of benzene rings is 1. The third-order valence-electron chi connectivity index (χ3n) is 5.19. The van der Waals surface area contributed by atoms with Crippen molar-refractivity contribution in [2.24, 2.45) is 5.92 Å². The molecule has 5 heteroatoms. The van der Waals surface area contributed by atoms with Crippen molar-refractivity contribution in [3.8, 4) is 0 Å². The molecule has 1 aromatic carbocycles. The number of halogens is 1. The first-order chi connectivity index (χ1) is 12.6. The second-order valence-corrected chi connectivity index (χ2v) is 7.40. The van der Waals surface area contributed by atoms with Crippen molar-refractivity contribution >= 4 is 17.5 Å². The van der Waals surface area contributed by atoms with E-state index in [1.807, 2.05) is 54.4 Å². The maximum absolute atomic E-state index is 12.8. The Balaban J connectivity index is 1.54. The Hall–Kier alpha value is -1.91. The summed E-state index contributed by atoms with van der Waals surface area (Å²) in [5.74, 6) is 0.157. The maximum Gasteiger partial charge on any atom is 0.225 e. The molecule has 26 heavy (non-hydrogen) atoms. The van der Waals surface area contributed by atoms with Crippen LogP contribution in [0.2, 0.25) is 5.02 Å². The van der Waals surface area contributed by atoms with E-state index < -0.39 is 0 Å². The summed E-state index contributed by atoms with van der Waals surface area (Å²) in [6, 6.07) is 14.1. The fourth-order valence-corrected chi connectivity index (χ4v) is 3.75. The number of hydrogen-bond acceptors (Lipinski definition) is 3. The zero-order chi connectivity index (χ0) is 18.5. The van der Waals surface area contributed by atoms with Crippen molar-refractivity contribution in [2.75, 3.05) is 26.2 Å². The lowest BCUT2D eigenvalue weighted by atomic mass is 9.99. The number of carbonyl (C=O) groups excluding carboxylic acids is 1. The topological polar surface area (TPSA) is 36.4 Å². The monoisotopic (exact) mass is 371 g/mol. The van der Waals surface area contributed by atoms with E-state index in [9.17, 15) is 4.79 Å². The number of nitrogens with zero attached hydrogens (tertiary/aromatic N) is 3. The molecule has 0 bridgehead atoms. The minimum Gasteiger partial charge on any atom is -0.340 e. The average molecular weight is 372 g/mol. The smallest absolute Gasteiger partial charge is 0.225 e. The molecule has 4 nitrogen and oxygen atoms in total. The van der Waals surface area contributed by atoms with Gasteiger partial charge < -0.3 is 4.90 Å². The first kappa shape index (κ1) is 18.9. The van der Waals surface area contributed by atoms with Crippen molar-refractivity contribution in [1.82, 2.24) is 14.8 Å². The molecule has 1 aliphatic heterocycles. The number of piperazine rings is 1. The largest absolute Gasteiger partial charge is 0.340 e. The van der Waals surface area contributed by atoms with E-state index in [4.69, 9.17) is 11.6 Å². The van der Waals surface area contributed by atoms with Crippen LogP contribution in [-0.4, -0.2) is 46.9 Å². The van der Waals surface area contributed by atoms with Crippen LogP contribution < -0.4 is 0 Å². The van der Waals surface area contributed by atoms with Gasteiger partial charge in [-0.15, -0.1) is 0 Å². The van der Waals surface area contributed by atoms with E-state index in [0.29, 0.717) is 6.42 Å². The fourth-order valence-electron chi connectivity index (χ4n) is 3.53. The number of carbonyl (C=O) groups is 1. The molecular weight excluding hydrogens is 346 g/mol. The summed E-state index contributed by atoms with van der Waals surface area (Å²) in [7, 11) is 0. The minimum absolute atomic E-state index is 0.0605. The van der Waals surface area contributed by atoms with Crippen LogP contribution in [-0.2, 0) is 11.2 Å². The summed E-state index contributed by atoms with van der Waals surface area (Å²) in [6.45, 7) is 7.46. The standard InChI is InChI=1S/C21H26ClN3O/c1-16(15-18-7-3-4-8-19(18)22)21(26)25-13-11-24(12-14-25)17(2)20-9-5-6-10-23-20/h3-10,16-17H,11-15H2,1-2H3/t16-,17-/m1/s1. The minimum atomic E-state index is -0.0605. The lowest BCUT2D eigenvalue weighted by molar-refractivity contribution is -0.137. The Bertz CT molecular complexity index is 729. The predicted octanol–water partition coefficient (Wildman–Crippen LogP) is 3.82. The van der Waals surface area contributed by atoms with E-state index in [-0.39, 0.29) is 17.9 Å². The summed E-state index contributed by atoms with van der Waals surface area (Å²) in [5.41, 5.74) is 2.12. The van der Waals surface area contributed by atoms with E-state index in [2.05, 4.69) is 22.9 Å². The summed E-state index contributed by atoms with van der Waals surface area (Å²) >= 11 is 6.23. The zero-order valence-electron chi connectivity index (χ0n) is 15.4. The Morgan fingerprint density at radius 1 is 1.08 bits per heavy atom. The van der Waals surface area contributed by atoms with Crippen LogP contribution in [0, 0.1) is 5.92 Å². The Morgan fingerprint density at radius 2 is 1.77 bits per heavy atom. The Labute approximate surface area is 160 Å². The third kappa shape index (κ3) is 4.43. The summed E-state index contributed by atoms with van der Waals surface area (Å²) < 4.78 is 0. The van der Waals surface area contributed by atoms with Crippen molar-refractivity contribution in [2.45, 2.75) is 26.3 Å². The SMILES string of the molecule is C[C@H](Cc1ccccc1Cl)C(=O)N1CCN([C@H](C)c2ccccn2)CC1. The number of rotatable bonds is 5. The highest BCUT2D eigenvalue weighted by Gasteiger charge is 2.27. The van der Waals surface area contributed by atoms with Gasteiger partial charge in [-0.05, 0) is 37.1 Å². The Kier molecular flexibility index (Phi) is 6.28. The molecule has 0 N–H and O–H groups in total. The van der Waals surface area contributed by atoms with Gasteiger partial charge in [0, 0.05) is 49.4 Å². The molecule has 138 valence electrons. The van der Waals surface area contributed by atoms with Crippen molar-refractivity contribution in [3.05, 3.63) is 64.9 Å². The third-order valence-corrected chi connectivity index (χ3v) is 5.56. The molecule has 1 aliphatic rings. The zero-order valence-corrected chi connectivity index (χ0v) is 16.2. The number of hydrogen-bond donors (Lipinski definition) is 0. The lowest BCUT2D eigenvalue weighted by Crippen LogP contribution is -2.50. The van der Waals surface area contributed by atoms with Gasteiger partial charge >= 0.3 is 0 Å². The van der Waals surface area contributed by atoms with Gasteiger partial charge in [-0.2, -0.15) is 0 Å². The molecule has 0 aliphatic carbocycles. The summed E-state index contributed by atoms with van der Waals surface area (Å²) in [6.07, 6.45) is 2.52. The highest BCUT2D eigenvalue weighted by molar-refractivity contribution is 6.31. The normalized spacial score (nSPS) is 17.7. The highest BCUT2D eigenvalue weighted by Crippen LogP contribution is 2.22. The molecule has 0 spiro atoms. The lowest BCUT2D eigenvalue weighted by Gasteiger charge is -2.38. The molecule has 0 unspecified atom stereocenters. The molecular formula is C21H26ClN3O. The van der Waals surface area contributed by atoms with Gasteiger partial charge in [-0.25, -0.2) is 0 Å².